The molecule has 0 unspecified atom stereocenters. The van der Waals surface area contributed by atoms with Gasteiger partial charge in [-0.15, -0.1) is 0 Å². The van der Waals surface area contributed by atoms with Gasteiger partial charge in [-0.3, -0.25) is 14.9 Å². The highest BCUT2D eigenvalue weighted by Crippen LogP contribution is 2.36. The van der Waals surface area contributed by atoms with Crippen LogP contribution in [0.5, 0.6) is 17.2 Å². The van der Waals surface area contributed by atoms with Gasteiger partial charge in [0.25, 0.3) is 11.8 Å². The number of carbonyl (C=O) groups is 3. The van der Waals surface area contributed by atoms with Crippen LogP contribution in [0.25, 0.3) is 6.08 Å². The van der Waals surface area contributed by atoms with Crippen molar-refractivity contribution < 1.29 is 28.6 Å². The monoisotopic (exact) mass is 467 g/mol. The van der Waals surface area contributed by atoms with Crippen LogP contribution in [0.2, 0.25) is 0 Å². The number of imide groups is 2. The van der Waals surface area contributed by atoms with Crippen LogP contribution in [0.15, 0.2) is 72.3 Å². The van der Waals surface area contributed by atoms with Crippen LogP contribution in [0.1, 0.15) is 16.7 Å². The molecule has 1 fully saturated rings. The lowest BCUT2D eigenvalue weighted by Gasteiger charge is -2.26. The average molecular weight is 467 g/mol. The number of carbonyl (C=O) groups excluding carboxylic acids is 3. The minimum absolute atomic E-state index is 0.0399. The van der Waals surface area contributed by atoms with E-state index in [1.54, 1.807) is 54.6 Å². The molecule has 9 heteroatoms. The van der Waals surface area contributed by atoms with Crippen molar-refractivity contribution in [1.82, 2.24) is 5.32 Å². The summed E-state index contributed by atoms with van der Waals surface area (Å²) in [4.78, 5) is 39.2. The number of nitrogens with one attached hydrogen (secondary N) is 1. The molecule has 1 N–H and O–H groups in total. The Kier molecular flexibility index (Phi) is 5.61. The van der Waals surface area contributed by atoms with Gasteiger partial charge in [0, 0.05) is 17.2 Å². The Morgan fingerprint density at radius 2 is 1.77 bits per heavy atom. The van der Waals surface area contributed by atoms with Gasteiger partial charge in [-0.05, 0) is 30.3 Å². The quantitative estimate of drug-likeness (QED) is 0.450. The normalized spacial score (nSPS) is 15.7. The molecular formula is C26H17N3O6. The number of para-hydroxylation sites is 1. The standard InChI is InChI=1S/C26H17N3O6/c27-13-17-6-1-2-7-18(17)14-33-21-8-4-3-5-16(21)11-20-24(30)28-26(32)29(25(20)31)19-9-10-22-23(12-19)35-15-34-22/h1-12H,14-15H2,(H,28,30,32)/b20-11+. The third-order valence-corrected chi connectivity index (χ3v) is 5.46. The van der Waals surface area contributed by atoms with Gasteiger partial charge >= 0.3 is 6.03 Å². The molecule has 9 nitrogen and oxygen atoms in total. The van der Waals surface area contributed by atoms with Crippen LogP contribution in [0.3, 0.4) is 0 Å². The van der Waals surface area contributed by atoms with Crippen molar-refractivity contribution in [2.75, 3.05) is 11.7 Å². The van der Waals surface area contributed by atoms with E-state index in [1.165, 1.54) is 18.2 Å². The summed E-state index contributed by atoms with van der Waals surface area (Å²) in [6.45, 7) is 0.157. The summed E-state index contributed by atoms with van der Waals surface area (Å²) in [6, 6.07) is 19.8. The van der Waals surface area contributed by atoms with Crippen molar-refractivity contribution in [3.05, 3.63) is 89.0 Å². The van der Waals surface area contributed by atoms with Crippen molar-refractivity contribution in [1.29, 1.82) is 5.26 Å². The molecule has 0 aliphatic carbocycles. The topological polar surface area (TPSA) is 118 Å². The Bertz CT molecular complexity index is 1440. The second kappa shape index (κ2) is 9.03. The molecule has 0 radical (unpaired) electrons. The number of nitriles is 1. The summed E-state index contributed by atoms with van der Waals surface area (Å²) in [5.41, 5.74) is 1.63. The number of barbiturate groups is 1. The van der Waals surface area contributed by atoms with Crippen LogP contribution in [0, 0.1) is 11.3 Å². The summed E-state index contributed by atoms with van der Waals surface area (Å²) < 4.78 is 16.5. The fraction of sp³-hybridized carbons (Fsp3) is 0.0769. The summed E-state index contributed by atoms with van der Waals surface area (Å²) >= 11 is 0. The molecular weight excluding hydrogens is 450 g/mol. The van der Waals surface area contributed by atoms with Crippen molar-refractivity contribution in [3.8, 4) is 23.3 Å². The molecule has 2 heterocycles. The van der Waals surface area contributed by atoms with Gasteiger partial charge in [-0.25, -0.2) is 9.69 Å². The lowest BCUT2D eigenvalue weighted by Crippen LogP contribution is -2.54. The Balaban J connectivity index is 1.45. The van der Waals surface area contributed by atoms with Crippen molar-refractivity contribution >= 4 is 29.6 Å². The first-order valence-electron chi connectivity index (χ1n) is 10.6. The third-order valence-electron chi connectivity index (χ3n) is 5.46. The lowest BCUT2D eigenvalue weighted by molar-refractivity contribution is -0.122. The summed E-state index contributed by atoms with van der Waals surface area (Å²) in [7, 11) is 0. The third kappa shape index (κ3) is 4.16. The predicted molar refractivity (Wildman–Crippen MR) is 123 cm³/mol. The minimum atomic E-state index is -0.867. The Morgan fingerprint density at radius 1 is 1.00 bits per heavy atom. The van der Waals surface area contributed by atoms with Crippen molar-refractivity contribution in [2.24, 2.45) is 0 Å². The van der Waals surface area contributed by atoms with E-state index in [0.29, 0.717) is 33.9 Å². The molecule has 3 aromatic rings. The molecule has 35 heavy (non-hydrogen) atoms. The smallest absolute Gasteiger partial charge is 0.335 e. The maximum atomic E-state index is 13.3. The molecule has 172 valence electrons. The number of anilines is 1. The van der Waals surface area contributed by atoms with E-state index in [4.69, 9.17) is 14.2 Å². The average Bonchev–Trinajstić information content (AvgIpc) is 3.34. The number of urea groups is 1. The molecule has 4 amide bonds. The van der Waals surface area contributed by atoms with E-state index in [1.807, 2.05) is 0 Å². The van der Waals surface area contributed by atoms with Crippen molar-refractivity contribution in [2.45, 2.75) is 6.61 Å². The van der Waals surface area contributed by atoms with Crippen LogP contribution in [-0.4, -0.2) is 24.6 Å². The second-order valence-corrected chi connectivity index (χ2v) is 7.59. The molecule has 0 bridgehead atoms. The molecule has 1 saturated heterocycles. The molecule has 3 aromatic carbocycles. The number of rotatable bonds is 5. The maximum Gasteiger partial charge on any atom is 0.335 e. The Morgan fingerprint density at radius 3 is 2.63 bits per heavy atom. The molecule has 2 aliphatic rings. The fourth-order valence-corrected chi connectivity index (χ4v) is 3.71. The SMILES string of the molecule is N#Cc1ccccc1COc1ccccc1/C=C1\C(=O)NC(=O)N(c2ccc3c(c2)OCO3)C1=O. The molecule has 0 aromatic heterocycles. The molecule has 2 aliphatic heterocycles. The van der Waals surface area contributed by atoms with E-state index < -0.39 is 17.8 Å². The summed E-state index contributed by atoms with van der Waals surface area (Å²) in [5.74, 6) is -0.319. The number of fused-ring (bicyclic) bond motifs is 1. The van der Waals surface area contributed by atoms with Gasteiger partial charge in [0.1, 0.15) is 17.9 Å². The number of benzene rings is 3. The zero-order valence-corrected chi connectivity index (χ0v) is 18.2. The fourth-order valence-electron chi connectivity index (χ4n) is 3.71. The van der Waals surface area contributed by atoms with Crippen LogP contribution in [0.4, 0.5) is 10.5 Å². The molecule has 0 spiro atoms. The van der Waals surface area contributed by atoms with E-state index in [2.05, 4.69) is 11.4 Å². The first-order valence-corrected chi connectivity index (χ1v) is 10.6. The Labute approximate surface area is 199 Å². The van der Waals surface area contributed by atoms with Crippen molar-refractivity contribution in [3.63, 3.8) is 0 Å². The van der Waals surface area contributed by atoms with Crippen LogP contribution in [-0.2, 0) is 16.2 Å². The van der Waals surface area contributed by atoms with Gasteiger partial charge in [0.2, 0.25) is 6.79 Å². The lowest BCUT2D eigenvalue weighted by atomic mass is 10.1. The van der Waals surface area contributed by atoms with Gasteiger partial charge in [0.15, 0.2) is 11.5 Å². The molecule has 0 atom stereocenters. The zero-order valence-electron chi connectivity index (χ0n) is 18.2. The minimum Gasteiger partial charge on any atom is -0.488 e. The second-order valence-electron chi connectivity index (χ2n) is 7.59. The number of hydrogen-bond donors (Lipinski definition) is 1. The van der Waals surface area contributed by atoms with Crippen LogP contribution < -0.4 is 24.4 Å². The van der Waals surface area contributed by atoms with Gasteiger partial charge in [0.05, 0.1) is 17.3 Å². The highest BCUT2D eigenvalue weighted by Gasteiger charge is 2.37. The van der Waals surface area contributed by atoms with Gasteiger partial charge < -0.3 is 14.2 Å². The summed E-state index contributed by atoms with van der Waals surface area (Å²) in [6.07, 6.45) is 1.37. The maximum absolute atomic E-state index is 13.3. The zero-order chi connectivity index (χ0) is 24.4. The van der Waals surface area contributed by atoms with E-state index in [9.17, 15) is 19.6 Å². The van der Waals surface area contributed by atoms with Gasteiger partial charge in [-0.2, -0.15) is 5.26 Å². The van der Waals surface area contributed by atoms with Gasteiger partial charge in [-0.1, -0.05) is 36.4 Å². The first kappa shape index (κ1) is 21.7. The van der Waals surface area contributed by atoms with E-state index in [0.717, 1.165) is 4.90 Å². The number of amides is 4. The number of hydrogen-bond acceptors (Lipinski definition) is 7. The highest BCUT2D eigenvalue weighted by molar-refractivity contribution is 6.39. The Hall–Kier alpha value is -5.10. The summed E-state index contributed by atoms with van der Waals surface area (Å²) in [5, 5.41) is 11.5. The highest BCUT2D eigenvalue weighted by atomic mass is 16.7. The van der Waals surface area contributed by atoms with E-state index in [-0.39, 0.29) is 24.7 Å². The van der Waals surface area contributed by atoms with Crippen LogP contribution >= 0.6 is 0 Å². The number of nitrogens with zero attached hydrogens (tertiary/aromatic N) is 2. The predicted octanol–water partition coefficient (Wildman–Crippen LogP) is 3.53. The largest absolute Gasteiger partial charge is 0.488 e. The van der Waals surface area contributed by atoms with E-state index >= 15 is 0 Å². The first-order chi connectivity index (χ1) is 17.0. The molecule has 0 saturated carbocycles. The number of ether oxygens (including phenoxy) is 3. The molecule has 5 rings (SSSR count).